The normalized spacial score (nSPS) is 19.3. The number of thiophene rings is 1. The molecule has 3 heterocycles. The van der Waals surface area contributed by atoms with Crippen LogP contribution < -0.4 is 14.8 Å². The summed E-state index contributed by atoms with van der Waals surface area (Å²) in [6.07, 6.45) is 2.10. The molecule has 4 rings (SSSR count). The van der Waals surface area contributed by atoms with E-state index in [0.717, 1.165) is 36.4 Å². The van der Waals surface area contributed by atoms with Crippen LogP contribution in [0.2, 0.25) is 0 Å². The molecule has 0 radical (unpaired) electrons. The van der Waals surface area contributed by atoms with Crippen molar-refractivity contribution in [2.75, 3.05) is 19.8 Å². The van der Waals surface area contributed by atoms with E-state index in [2.05, 4.69) is 16.8 Å². The Morgan fingerprint density at radius 2 is 2.12 bits per heavy atom. The van der Waals surface area contributed by atoms with Crippen molar-refractivity contribution in [2.24, 2.45) is 0 Å². The SMILES string of the molecule is O=C(NCc1ccc2c(c1)OCCO2)N1CCCC1c1cccs1. The number of benzene rings is 1. The Labute approximate surface area is 145 Å². The third-order valence-corrected chi connectivity index (χ3v) is 5.41. The molecular weight excluding hydrogens is 324 g/mol. The highest BCUT2D eigenvalue weighted by Gasteiger charge is 2.30. The molecule has 2 aromatic rings. The molecular formula is C18H20N2O3S. The summed E-state index contributed by atoms with van der Waals surface area (Å²) in [5.41, 5.74) is 1.01. The molecule has 5 nitrogen and oxygen atoms in total. The summed E-state index contributed by atoms with van der Waals surface area (Å²) in [6.45, 7) is 2.46. The molecule has 0 saturated carbocycles. The predicted octanol–water partition coefficient (Wildman–Crippen LogP) is 3.57. The number of carbonyl (C=O) groups is 1. The van der Waals surface area contributed by atoms with Crippen LogP contribution in [0.3, 0.4) is 0 Å². The fourth-order valence-electron chi connectivity index (χ4n) is 3.26. The van der Waals surface area contributed by atoms with Crippen molar-refractivity contribution in [3.8, 4) is 11.5 Å². The second-order valence-electron chi connectivity index (χ2n) is 6.00. The van der Waals surface area contributed by atoms with Crippen molar-refractivity contribution in [1.29, 1.82) is 0 Å². The van der Waals surface area contributed by atoms with Crippen molar-refractivity contribution >= 4 is 17.4 Å². The van der Waals surface area contributed by atoms with Gasteiger partial charge in [0.2, 0.25) is 0 Å². The van der Waals surface area contributed by atoms with Crippen LogP contribution in [-0.4, -0.2) is 30.7 Å². The lowest BCUT2D eigenvalue weighted by Gasteiger charge is -2.24. The van der Waals surface area contributed by atoms with Crippen molar-refractivity contribution in [3.63, 3.8) is 0 Å². The Bertz CT molecular complexity index is 717. The fraction of sp³-hybridized carbons (Fsp3) is 0.389. The zero-order valence-corrected chi connectivity index (χ0v) is 14.2. The number of rotatable bonds is 3. The van der Waals surface area contributed by atoms with Crippen LogP contribution in [0.4, 0.5) is 4.79 Å². The Morgan fingerprint density at radius 1 is 1.25 bits per heavy atom. The molecule has 2 aliphatic heterocycles. The Balaban J connectivity index is 1.39. The van der Waals surface area contributed by atoms with Gasteiger partial charge in [-0.2, -0.15) is 0 Å². The molecule has 1 unspecified atom stereocenters. The quantitative estimate of drug-likeness (QED) is 0.926. The molecule has 0 aliphatic carbocycles. The molecule has 0 bridgehead atoms. The zero-order chi connectivity index (χ0) is 16.4. The first-order valence-electron chi connectivity index (χ1n) is 8.27. The molecule has 1 fully saturated rings. The average Bonchev–Trinajstić information content (AvgIpc) is 3.30. The molecule has 1 saturated heterocycles. The van der Waals surface area contributed by atoms with Gasteiger partial charge in [0.25, 0.3) is 0 Å². The van der Waals surface area contributed by atoms with Crippen LogP contribution in [0.1, 0.15) is 29.3 Å². The molecule has 24 heavy (non-hydrogen) atoms. The summed E-state index contributed by atoms with van der Waals surface area (Å²) in [5.74, 6) is 1.53. The van der Waals surface area contributed by atoms with Crippen LogP contribution in [0.5, 0.6) is 11.5 Å². The number of fused-ring (bicyclic) bond motifs is 1. The number of nitrogens with one attached hydrogen (secondary N) is 1. The van der Waals surface area contributed by atoms with Gasteiger partial charge >= 0.3 is 6.03 Å². The third kappa shape index (κ3) is 3.06. The van der Waals surface area contributed by atoms with Gasteiger partial charge in [-0.3, -0.25) is 0 Å². The van der Waals surface area contributed by atoms with E-state index >= 15 is 0 Å². The fourth-order valence-corrected chi connectivity index (χ4v) is 4.14. The molecule has 1 aromatic carbocycles. The average molecular weight is 344 g/mol. The summed E-state index contributed by atoms with van der Waals surface area (Å²) >= 11 is 1.72. The molecule has 0 spiro atoms. The largest absolute Gasteiger partial charge is 0.486 e. The van der Waals surface area contributed by atoms with E-state index in [1.165, 1.54) is 4.88 Å². The number of amides is 2. The van der Waals surface area contributed by atoms with Gasteiger partial charge in [-0.25, -0.2) is 4.79 Å². The van der Waals surface area contributed by atoms with E-state index in [4.69, 9.17) is 9.47 Å². The maximum Gasteiger partial charge on any atom is 0.318 e. The smallest absolute Gasteiger partial charge is 0.318 e. The molecule has 126 valence electrons. The van der Waals surface area contributed by atoms with Gasteiger partial charge in [0.15, 0.2) is 11.5 Å². The van der Waals surface area contributed by atoms with Gasteiger partial charge in [0, 0.05) is 18.0 Å². The summed E-state index contributed by atoms with van der Waals surface area (Å²) in [4.78, 5) is 15.8. The first-order chi connectivity index (χ1) is 11.8. The lowest BCUT2D eigenvalue weighted by Crippen LogP contribution is -2.38. The van der Waals surface area contributed by atoms with Crippen molar-refractivity contribution in [2.45, 2.75) is 25.4 Å². The maximum atomic E-state index is 12.6. The monoisotopic (exact) mass is 344 g/mol. The standard InChI is InChI=1S/C18H20N2O3S/c21-18(20-7-1-3-14(20)17-4-2-10-24-17)19-12-13-5-6-15-16(11-13)23-9-8-22-15/h2,4-6,10-11,14H,1,3,7-9,12H2,(H,19,21). The Morgan fingerprint density at radius 3 is 2.96 bits per heavy atom. The van der Waals surface area contributed by atoms with E-state index in [0.29, 0.717) is 19.8 Å². The van der Waals surface area contributed by atoms with Crippen LogP contribution >= 0.6 is 11.3 Å². The van der Waals surface area contributed by atoms with Crippen LogP contribution in [-0.2, 0) is 6.54 Å². The number of likely N-dealkylation sites (tertiary alicyclic amines) is 1. The number of hydrogen-bond donors (Lipinski definition) is 1. The summed E-state index contributed by atoms with van der Waals surface area (Å²) in [5, 5.41) is 5.10. The van der Waals surface area contributed by atoms with E-state index < -0.39 is 0 Å². The van der Waals surface area contributed by atoms with E-state index in [-0.39, 0.29) is 12.1 Å². The molecule has 1 atom stereocenters. The molecule has 6 heteroatoms. The van der Waals surface area contributed by atoms with Crippen molar-refractivity contribution in [1.82, 2.24) is 10.2 Å². The van der Waals surface area contributed by atoms with Gasteiger partial charge in [-0.15, -0.1) is 11.3 Å². The first-order valence-corrected chi connectivity index (χ1v) is 9.15. The van der Waals surface area contributed by atoms with Crippen LogP contribution in [0.25, 0.3) is 0 Å². The Kier molecular flexibility index (Phi) is 4.30. The van der Waals surface area contributed by atoms with Gasteiger partial charge in [-0.05, 0) is 42.0 Å². The highest BCUT2D eigenvalue weighted by molar-refractivity contribution is 7.10. The summed E-state index contributed by atoms with van der Waals surface area (Å²) in [6, 6.07) is 10.2. The second-order valence-corrected chi connectivity index (χ2v) is 6.98. The second kappa shape index (κ2) is 6.73. The number of carbonyl (C=O) groups excluding carboxylic acids is 1. The van der Waals surface area contributed by atoms with Crippen molar-refractivity contribution in [3.05, 3.63) is 46.2 Å². The maximum absolute atomic E-state index is 12.6. The topological polar surface area (TPSA) is 50.8 Å². The minimum absolute atomic E-state index is 0.000731. The minimum Gasteiger partial charge on any atom is -0.486 e. The third-order valence-electron chi connectivity index (χ3n) is 4.44. The Hall–Kier alpha value is -2.21. The molecule has 1 N–H and O–H groups in total. The van der Waals surface area contributed by atoms with Crippen LogP contribution in [0.15, 0.2) is 35.7 Å². The molecule has 2 amide bonds. The number of hydrogen-bond acceptors (Lipinski definition) is 4. The lowest BCUT2D eigenvalue weighted by atomic mass is 10.2. The van der Waals surface area contributed by atoms with Crippen LogP contribution in [0, 0.1) is 0 Å². The molecule has 2 aliphatic rings. The number of ether oxygens (including phenoxy) is 2. The van der Waals surface area contributed by atoms with E-state index in [9.17, 15) is 4.79 Å². The highest BCUT2D eigenvalue weighted by atomic mass is 32.1. The number of urea groups is 1. The van der Waals surface area contributed by atoms with E-state index in [1.54, 1.807) is 11.3 Å². The zero-order valence-electron chi connectivity index (χ0n) is 13.4. The van der Waals surface area contributed by atoms with Crippen molar-refractivity contribution < 1.29 is 14.3 Å². The highest BCUT2D eigenvalue weighted by Crippen LogP contribution is 2.34. The minimum atomic E-state index is 0.000731. The lowest BCUT2D eigenvalue weighted by molar-refractivity contribution is 0.171. The van der Waals surface area contributed by atoms with Gasteiger partial charge in [0.1, 0.15) is 13.2 Å². The first kappa shape index (κ1) is 15.3. The van der Waals surface area contributed by atoms with E-state index in [1.807, 2.05) is 29.2 Å². The van der Waals surface area contributed by atoms with Gasteiger partial charge in [-0.1, -0.05) is 12.1 Å². The summed E-state index contributed by atoms with van der Waals surface area (Å²) < 4.78 is 11.1. The van der Waals surface area contributed by atoms with Gasteiger partial charge in [0.05, 0.1) is 6.04 Å². The number of nitrogens with zero attached hydrogens (tertiary/aromatic N) is 1. The molecule has 1 aromatic heterocycles. The predicted molar refractivity (Wildman–Crippen MR) is 92.7 cm³/mol. The summed E-state index contributed by atoms with van der Waals surface area (Å²) in [7, 11) is 0. The van der Waals surface area contributed by atoms with Gasteiger partial charge < -0.3 is 19.7 Å².